The molecule has 0 amide bonds. The first-order valence-electron chi connectivity index (χ1n) is 9.24. The molecule has 1 aliphatic heterocycles. The minimum atomic E-state index is 0.633. The molecule has 5 heteroatoms. The van der Waals surface area contributed by atoms with Gasteiger partial charge in [-0.15, -0.1) is 0 Å². The highest BCUT2D eigenvalue weighted by Gasteiger charge is 2.22. The fourth-order valence-corrected chi connectivity index (χ4v) is 3.60. The summed E-state index contributed by atoms with van der Waals surface area (Å²) in [7, 11) is 0. The topological polar surface area (TPSA) is 46.8 Å². The number of hydrogen-bond donors (Lipinski definition) is 0. The molecule has 1 unspecified atom stereocenters. The highest BCUT2D eigenvalue weighted by molar-refractivity contribution is 5.52. The maximum Gasteiger partial charge on any atom is 0.107 e. The molecule has 0 spiro atoms. The van der Waals surface area contributed by atoms with Crippen LogP contribution in [0.1, 0.15) is 45.7 Å². The second-order valence-corrected chi connectivity index (χ2v) is 7.14. The van der Waals surface area contributed by atoms with E-state index < -0.39 is 0 Å². The first kappa shape index (κ1) is 17.1. The average Bonchev–Trinajstić information content (AvgIpc) is 3.04. The number of piperidine rings is 1. The minimum absolute atomic E-state index is 0.633. The summed E-state index contributed by atoms with van der Waals surface area (Å²) in [6.07, 6.45) is 10.3. The molecule has 130 valence electrons. The van der Waals surface area contributed by atoms with Gasteiger partial charge in [-0.1, -0.05) is 6.92 Å². The zero-order chi connectivity index (χ0) is 16.9. The van der Waals surface area contributed by atoms with Gasteiger partial charge in [0.25, 0.3) is 0 Å². The van der Waals surface area contributed by atoms with Crippen LogP contribution < -0.4 is 0 Å². The first-order chi connectivity index (χ1) is 11.7. The number of likely N-dealkylation sites (tertiary alicyclic amines) is 1. The van der Waals surface area contributed by atoms with Crippen molar-refractivity contribution in [3.63, 3.8) is 0 Å². The first-order valence-corrected chi connectivity index (χ1v) is 9.24. The van der Waals surface area contributed by atoms with E-state index in [9.17, 15) is 0 Å². The third-order valence-electron chi connectivity index (χ3n) is 4.88. The van der Waals surface area contributed by atoms with E-state index in [1.165, 1.54) is 25.9 Å². The molecule has 3 rings (SSSR count). The van der Waals surface area contributed by atoms with Gasteiger partial charge in [0.1, 0.15) is 5.69 Å². The van der Waals surface area contributed by atoms with Crippen LogP contribution in [-0.4, -0.2) is 43.8 Å². The SMILES string of the molecule is CCCn1nccc1-c1cncc(CC2CCCN(C(C)C)C2)n1. The third-order valence-corrected chi connectivity index (χ3v) is 4.88. The molecule has 2 aromatic rings. The highest BCUT2D eigenvalue weighted by Crippen LogP contribution is 2.23. The second kappa shape index (κ2) is 7.88. The molecule has 1 saturated heterocycles. The van der Waals surface area contributed by atoms with E-state index in [1.54, 1.807) is 0 Å². The lowest BCUT2D eigenvalue weighted by Crippen LogP contribution is -2.40. The lowest BCUT2D eigenvalue weighted by Gasteiger charge is -2.35. The smallest absolute Gasteiger partial charge is 0.107 e. The lowest BCUT2D eigenvalue weighted by atomic mass is 9.93. The number of hydrogen-bond acceptors (Lipinski definition) is 4. The number of nitrogens with zero attached hydrogens (tertiary/aromatic N) is 5. The molecule has 24 heavy (non-hydrogen) atoms. The molecule has 2 aromatic heterocycles. The normalized spacial score (nSPS) is 19.1. The van der Waals surface area contributed by atoms with Crippen molar-refractivity contribution in [1.29, 1.82) is 0 Å². The summed E-state index contributed by atoms with van der Waals surface area (Å²) in [5.41, 5.74) is 3.11. The van der Waals surface area contributed by atoms with Gasteiger partial charge in [-0.25, -0.2) is 4.98 Å². The zero-order valence-corrected chi connectivity index (χ0v) is 15.1. The highest BCUT2D eigenvalue weighted by atomic mass is 15.3. The van der Waals surface area contributed by atoms with Crippen molar-refractivity contribution in [3.8, 4) is 11.4 Å². The third kappa shape index (κ3) is 4.01. The Balaban J connectivity index is 1.72. The van der Waals surface area contributed by atoms with Crippen molar-refractivity contribution in [3.05, 3.63) is 30.4 Å². The molecular formula is C19H29N5. The van der Waals surface area contributed by atoms with Gasteiger partial charge in [0, 0.05) is 31.5 Å². The Morgan fingerprint density at radius 1 is 1.29 bits per heavy atom. The summed E-state index contributed by atoms with van der Waals surface area (Å²) >= 11 is 0. The van der Waals surface area contributed by atoms with Crippen LogP contribution in [-0.2, 0) is 13.0 Å². The second-order valence-electron chi connectivity index (χ2n) is 7.14. The van der Waals surface area contributed by atoms with Gasteiger partial charge >= 0.3 is 0 Å². The fourth-order valence-electron chi connectivity index (χ4n) is 3.60. The summed E-state index contributed by atoms with van der Waals surface area (Å²) < 4.78 is 2.02. The summed E-state index contributed by atoms with van der Waals surface area (Å²) in [5, 5.41) is 4.40. The molecule has 0 aliphatic carbocycles. The summed E-state index contributed by atoms with van der Waals surface area (Å²) in [4.78, 5) is 11.9. The van der Waals surface area contributed by atoms with Crippen molar-refractivity contribution >= 4 is 0 Å². The van der Waals surface area contributed by atoms with Crippen LogP contribution in [0.2, 0.25) is 0 Å². The largest absolute Gasteiger partial charge is 0.301 e. The molecule has 0 N–H and O–H groups in total. The molecule has 5 nitrogen and oxygen atoms in total. The van der Waals surface area contributed by atoms with Crippen LogP contribution in [0.5, 0.6) is 0 Å². The van der Waals surface area contributed by atoms with E-state index in [0.29, 0.717) is 12.0 Å². The van der Waals surface area contributed by atoms with Crippen molar-refractivity contribution in [2.75, 3.05) is 13.1 Å². The van der Waals surface area contributed by atoms with Crippen LogP contribution in [0.4, 0.5) is 0 Å². The van der Waals surface area contributed by atoms with Crippen LogP contribution in [0.3, 0.4) is 0 Å². The van der Waals surface area contributed by atoms with Gasteiger partial charge in [0.15, 0.2) is 0 Å². The van der Waals surface area contributed by atoms with E-state index in [-0.39, 0.29) is 0 Å². The molecule has 1 fully saturated rings. The van der Waals surface area contributed by atoms with Crippen LogP contribution in [0.15, 0.2) is 24.7 Å². The number of rotatable bonds is 6. The maximum atomic E-state index is 4.88. The summed E-state index contributed by atoms with van der Waals surface area (Å²) in [6, 6.07) is 2.67. The van der Waals surface area contributed by atoms with Crippen molar-refractivity contribution in [2.45, 2.75) is 59.0 Å². The van der Waals surface area contributed by atoms with E-state index in [1.807, 2.05) is 29.3 Å². The van der Waals surface area contributed by atoms with Gasteiger partial charge in [0.2, 0.25) is 0 Å². The van der Waals surface area contributed by atoms with Crippen LogP contribution >= 0.6 is 0 Å². The Bertz CT molecular complexity index is 649. The molecule has 0 bridgehead atoms. The lowest BCUT2D eigenvalue weighted by molar-refractivity contribution is 0.139. The summed E-state index contributed by atoms with van der Waals surface area (Å²) in [6.45, 7) is 10.1. The molecular weight excluding hydrogens is 298 g/mol. The predicted molar refractivity (Wildman–Crippen MR) is 96.7 cm³/mol. The Morgan fingerprint density at radius 3 is 2.96 bits per heavy atom. The number of aryl methyl sites for hydroxylation is 1. The van der Waals surface area contributed by atoms with Gasteiger partial charge in [-0.3, -0.25) is 9.67 Å². The molecule has 0 radical (unpaired) electrons. The Labute approximate surface area is 145 Å². The maximum absolute atomic E-state index is 4.88. The molecule has 3 heterocycles. The van der Waals surface area contributed by atoms with Gasteiger partial charge < -0.3 is 4.90 Å². The van der Waals surface area contributed by atoms with E-state index in [2.05, 4.69) is 35.8 Å². The summed E-state index contributed by atoms with van der Waals surface area (Å²) in [5.74, 6) is 0.686. The fraction of sp³-hybridized carbons (Fsp3) is 0.632. The predicted octanol–water partition coefficient (Wildman–Crippen LogP) is 3.41. The van der Waals surface area contributed by atoms with Gasteiger partial charge in [0.05, 0.1) is 17.6 Å². The Kier molecular flexibility index (Phi) is 5.61. The van der Waals surface area contributed by atoms with Crippen LogP contribution in [0, 0.1) is 5.92 Å². The Morgan fingerprint density at radius 2 is 2.17 bits per heavy atom. The van der Waals surface area contributed by atoms with Crippen molar-refractivity contribution in [1.82, 2.24) is 24.6 Å². The van der Waals surface area contributed by atoms with Crippen molar-refractivity contribution < 1.29 is 0 Å². The monoisotopic (exact) mass is 327 g/mol. The average molecular weight is 327 g/mol. The van der Waals surface area contributed by atoms with Gasteiger partial charge in [-0.2, -0.15) is 5.10 Å². The van der Waals surface area contributed by atoms with Gasteiger partial charge in [-0.05, 0) is 58.1 Å². The number of aromatic nitrogens is 4. The van der Waals surface area contributed by atoms with Crippen LogP contribution in [0.25, 0.3) is 11.4 Å². The van der Waals surface area contributed by atoms with E-state index >= 15 is 0 Å². The zero-order valence-electron chi connectivity index (χ0n) is 15.1. The molecule has 1 atom stereocenters. The Hall–Kier alpha value is -1.75. The van der Waals surface area contributed by atoms with E-state index in [4.69, 9.17) is 4.98 Å². The minimum Gasteiger partial charge on any atom is -0.301 e. The molecule has 0 saturated carbocycles. The van der Waals surface area contributed by atoms with E-state index in [0.717, 1.165) is 36.5 Å². The quantitative estimate of drug-likeness (QED) is 0.816. The standard InChI is InChI=1S/C19H29N5/c1-4-9-24-19(7-8-21-24)18-13-20-12-17(22-18)11-16-6-5-10-23(14-16)15(2)3/h7-8,12-13,15-16H,4-6,9-11,14H2,1-3H3. The van der Waals surface area contributed by atoms with Crippen molar-refractivity contribution in [2.24, 2.45) is 5.92 Å². The molecule has 0 aromatic carbocycles. The molecule has 1 aliphatic rings.